The first-order chi connectivity index (χ1) is 8.27. The number of esters is 1. The van der Waals surface area contributed by atoms with Gasteiger partial charge in [0.15, 0.2) is 11.8 Å². The second-order valence-corrected chi connectivity index (χ2v) is 3.48. The maximum Gasteiger partial charge on any atom is 0.416 e. The molecule has 0 saturated heterocycles. The van der Waals surface area contributed by atoms with Crippen molar-refractivity contribution < 1.29 is 27.8 Å². The molecule has 0 saturated carbocycles. The lowest BCUT2D eigenvalue weighted by Gasteiger charge is -2.14. The molecule has 1 N–H and O–H groups in total. The molecular formula is C9H12F3N3O3. The van der Waals surface area contributed by atoms with Crippen LogP contribution in [-0.4, -0.2) is 45.0 Å². The summed E-state index contributed by atoms with van der Waals surface area (Å²) in [6.45, 7) is 2.26. The Morgan fingerprint density at radius 3 is 2.67 bits per heavy atom. The van der Waals surface area contributed by atoms with Crippen molar-refractivity contribution in [1.82, 2.24) is 15.0 Å². The highest BCUT2D eigenvalue weighted by molar-refractivity contribution is 5.88. The van der Waals surface area contributed by atoms with Crippen LogP contribution in [0.5, 0.6) is 0 Å². The number of aromatic nitrogens is 3. The van der Waals surface area contributed by atoms with Crippen LogP contribution in [0.25, 0.3) is 0 Å². The molecule has 1 atom stereocenters. The Kier molecular flexibility index (Phi) is 4.28. The molecule has 6 nitrogen and oxygen atoms in total. The Morgan fingerprint density at radius 2 is 2.17 bits per heavy atom. The van der Waals surface area contributed by atoms with Gasteiger partial charge in [-0.05, 0) is 13.8 Å². The van der Waals surface area contributed by atoms with Crippen molar-refractivity contribution in [2.45, 2.75) is 32.7 Å². The molecule has 1 aromatic rings. The number of carbonyl (C=O) groups excluding carboxylic acids is 1. The molecule has 0 aliphatic carbocycles. The molecule has 9 heteroatoms. The topological polar surface area (TPSA) is 77.2 Å². The van der Waals surface area contributed by atoms with Gasteiger partial charge in [0.05, 0.1) is 18.8 Å². The largest absolute Gasteiger partial charge is 0.461 e. The molecule has 1 unspecified atom stereocenters. The second-order valence-electron chi connectivity index (χ2n) is 3.48. The zero-order chi connectivity index (χ0) is 13.9. The summed E-state index contributed by atoms with van der Waals surface area (Å²) < 4.78 is 41.9. The average molecular weight is 267 g/mol. The van der Waals surface area contributed by atoms with Crippen molar-refractivity contribution in [3.63, 3.8) is 0 Å². The maximum absolute atomic E-state index is 12.1. The van der Waals surface area contributed by atoms with Gasteiger partial charge < -0.3 is 9.84 Å². The van der Waals surface area contributed by atoms with Crippen LogP contribution < -0.4 is 0 Å². The lowest BCUT2D eigenvalue weighted by atomic mass is 10.3. The quantitative estimate of drug-likeness (QED) is 0.812. The monoisotopic (exact) mass is 267 g/mol. The van der Waals surface area contributed by atoms with Gasteiger partial charge in [0.1, 0.15) is 0 Å². The zero-order valence-electron chi connectivity index (χ0n) is 9.73. The molecule has 0 spiro atoms. The molecule has 0 aliphatic rings. The van der Waals surface area contributed by atoms with Crippen LogP contribution in [0.4, 0.5) is 13.2 Å². The minimum atomic E-state index is -4.75. The summed E-state index contributed by atoms with van der Waals surface area (Å²) in [7, 11) is 0. The molecule has 0 fully saturated rings. The Morgan fingerprint density at radius 1 is 1.56 bits per heavy atom. The first-order valence-corrected chi connectivity index (χ1v) is 5.09. The van der Waals surface area contributed by atoms with Gasteiger partial charge in [-0.2, -0.15) is 13.2 Å². The lowest BCUT2D eigenvalue weighted by Crippen LogP contribution is -2.33. The van der Waals surface area contributed by atoms with E-state index in [1.165, 1.54) is 6.92 Å². The maximum atomic E-state index is 12.1. The third kappa shape index (κ3) is 3.19. The van der Waals surface area contributed by atoms with E-state index in [2.05, 4.69) is 15.0 Å². The van der Waals surface area contributed by atoms with E-state index < -0.39 is 24.8 Å². The number of hydrogen-bond acceptors (Lipinski definition) is 5. The first kappa shape index (κ1) is 14.4. The van der Waals surface area contributed by atoms with Crippen molar-refractivity contribution in [3.8, 4) is 0 Å². The van der Waals surface area contributed by atoms with Crippen molar-refractivity contribution in [2.75, 3.05) is 6.61 Å². The van der Waals surface area contributed by atoms with Crippen molar-refractivity contribution in [2.24, 2.45) is 0 Å². The Bertz CT molecular complexity index is 430. The number of ether oxygens (including phenoxy) is 1. The molecule has 1 rings (SSSR count). The van der Waals surface area contributed by atoms with Crippen LogP contribution in [0.15, 0.2) is 0 Å². The predicted molar refractivity (Wildman–Crippen MR) is 52.8 cm³/mol. The fraction of sp³-hybridized carbons (Fsp3) is 0.667. The van der Waals surface area contributed by atoms with Gasteiger partial charge in [-0.1, -0.05) is 5.21 Å². The fourth-order valence-corrected chi connectivity index (χ4v) is 1.19. The van der Waals surface area contributed by atoms with Gasteiger partial charge in [0.2, 0.25) is 0 Å². The highest BCUT2D eigenvalue weighted by Crippen LogP contribution is 2.21. The number of alkyl halides is 3. The molecule has 0 aliphatic heterocycles. The lowest BCUT2D eigenvalue weighted by molar-refractivity contribution is -0.208. The molecule has 1 heterocycles. The molecule has 0 radical (unpaired) electrons. The third-order valence-corrected chi connectivity index (χ3v) is 2.18. The van der Waals surface area contributed by atoms with E-state index in [1.54, 1.807) is 6.92 Å². The van der Waals surface area contributed by atoms with Gasteiger partial charge >= 0.3 is 12.1 Å². The number of carbonyl (C=O) groups is 1. The molecular weight excluding hydrogens is 255 g/mol. The van der Waals surface area contributed by atoms with E-state index in [4.69, 9.17) is 5.11 Å². The zero-order valence-corrected chi connectivity index (χ0v) is 9.73. The van der Waals surface area contributed by atoms with Crippen molar-refractivity contribution >= 4 is 5.97 Å². The van der Waals surface area contributed by atoms with E-state index >= 15 is 0 Å². The number of rotatable bonds is 4. The van der Waals surface area contributed by atoms with Gasteiger partial charge in [0.25, 0.3) is 0 Å². The number of aliphatic hydroxyl groups excluding tert-OH is 1. The van der Waals surface area contributed by atoms with E-state index in [0.717, 1.165) is 4.68 Å². The Balaban J connectivity index is 2.84. The van der Waals surface area contributed by atoms with E-state index in [0.29, 0.717) is 0 Å². The number of halogens is 3. The highest BCUT2D eigenvalue weighted by atomic mass is 19.4. The van der Waals surface area contributed by atoms with Gasteiger partial charge in [-0.25, -0.2) is 9.48 Å². The number of nitrogens with zero attached hydrogens (tertiary/aromatic N) is 3. The van der Waals surface area contributed by atoms with Gasteiger partial charge in [0, 0.05) is 0 Å². The van der Waals surface area contributed by atoms with Crippen LogP contribution in [-0.2, 0) is 11.3 Å². The van der Waals surface area contributed by atoms with Crippen LogP contribution >= 0.6 is 0 Å². The summed E-state index contributed by atoms with van der Waals surface area (Å²) in [4.78, 5) is 11.3. The Labute approximate surface area is 100 Å². The summed E-state index contributed by atoms with van der Waals surface area (Å²) in [5.74, 6) is -0.761. The molecule has 102 valence electrons. The second kappa shape index (κ2) is 5.34. The van der Waals surface area contributed by atoms with Crippen LogP contribution in [0.3, 0.4) is 0 Å². The Hall–Kier alpha value is -1.64. The fourth-order valence-electron chi connectivity index (χ4n) is 1.19. The predicted octanol–water partition coefficient (Wildman–Crippen LogP) is 0.686. The third-order valence-electron chi connectivity index (χ3n) is 2.18. The van der Waals surface area contributed by atoms with E-state index in [-0.39, 0.29) is 18.0 Å². The van der Waals surface area contributed by atoms with Crippen LogP contribution in [0.1, 0.15) is 23.1 Å². The normalized spacial score (nSPS) is 13.4. The van der Waals surface area contributed by atoms with Gasteiger partial charge in [-0.15, -0.1) is 5.10 Å². The summed E-state index contributed by atoms with van der Waals surface area (Å²) in [6, 6.07) is 0. The van der Waals surface area contributed by atoms with Crippen molar-refractivity contribution in [3.05, 3.63) is 11.4 Å². The average Bonchev–Trinajstić information content (AvgIpc) is 2.59. The minimum absolute atomic E-state index is 0.108. The van der Waals surface area contributed by atoms with E-state index in [1.807, 2.05) is 0 Å². The molecule has 0 amide bonds. The molecule has 0 bridgehead atoms. The van der Waals surface area contributed by atoms with Crippen molar-refractivity contribution in [1.29, 1.82) is 0 Å². The number of aliphatic hydroxyl groups is 1. The summed E-state index contributed by atoms with van der Waals surface area (Å²) >= 11 is 0. The highest BCUT2D eigenvalue weighted by Gasteiger charge is 2.39. The first-order valence-electron chi connectivity index (χ1n) is 5.09. The molecule has 0 aromatic carbocycles. The molecule has 18 heavy (non-hydrogen) atoms. The summed E-state index contributed by atoms with van der Waals surface area (Å²) in [5, 5.41) is 15.7. The molecule has 1 aromatic heterocycles. The summed E-state index contributed by atoms with van der Waals surface area (Å²) in [6.07, 6.45) is -7.31. The summed E-state index contributed by atoms with van der Waals surface area (Å²) in [5.41, 5.74) is -0.0528. The smallest absolute Gasteiger partial charge is 0.416 e. The van der Waals surface area contributed by atoms with Crippen LogP contribution in [0, 0.1) is 6.92 Å². The van der Waals surface area contributed by atoms with E-state index in [9.17, 15) is 18.0 Å². The minimum Gasteiger partial charge on any atom is -0.461 e. The number of hydrogen-bond donors (Lipinski definition) is 1. The SMILES string of the molecule is CCOC(=O)c1nnn(CC(O)C(F)(F)F)c1C. The van der Waals surface area contributed by atoms with Gasteiger partial charge in [-0.3, -0.25) is 0 Å². The standard InChI is InChI=1S/C9H12F3N3O3/c1-3-18-8(17)7-5(2)15(14-13-7)4-6(16)9(10,11)12/h6,16H,3-4H2,1-2H3. The van der Waals surface area contributed by atoms with Crippen LogP contribution in [0.2, 0.25) is 0 Å².